The minimum Gasteiger partial charge on any atom is -0.372 e. The first-order chi connectivity index (χ1) is 9.33. The third-order valence-electron chi connectivity index (χ3n) is 2.69. The molecule has 0 saturated heterocycles. The molecule has 106 valence electrons. The second kappa shape index (κ2) is 5.38. The summed E-state index contributed by atoms with van der Waals surface area (Å²) < 4.78 is 52.2. The van der Waals surface area contributed by atoms with Gasteiger partial charge in [-0.25, -0.2) is 4.39 Å². The quantitative estimate of drug-likeness (QED) is 0.836. The first-order valence-corrected chi connectivity index (χ1v) is 6.49. The summed E-state index contributed by atoms with van der Waals surface area (Å²) in [6.45, 7) is 0. The van der Waals surface area contributed by atoms with Crippen LogP contribution in [0.2, 0.25) is 0 Å². The number of alkyl halides is 3. The average molecular weight is 302 g/mol. The van der Waals surface area contributed by atoms with Crippen LogP contribution in [-0.4, -0.2) is 11.3 Å². The Kier molecular flexibility index (Phi) is 3.96. The molecule has 0 fully saturated rings. The molecular formula is C14H10F4OS. The number of hydrogen-bond donors (Lipinski definition) is 1. The molecule has 2 rings (SSSR count). The Hall–Kier alpha value is -1.66. The van der Waals surface area contributed by atoms with Crippen LogP contribution in [-0.2, 0) is 5.60 Å². The fourth-order valence-corrected chi connectivity index (χ4v) is 2.46. The summed E-state index contributed by atoms with van der Waals surface area (Å²) in [5.74, 6) is -0.557. The number of benzene rings is 1. The van der Waals surface area contributed by atoms with Gasteiger partial charge in [-0.3, -0.25) is 0 Å². The van der Waals surface area contributed by atoms with Crippen LogP contribution in [0.25, 0.3) is 6.08 Å². The van der Waals surface area contributed by atoms with E-state index in [1.54, 1.807) is 0 Å². The van der Waals surface area contributed by atoms with Gasteiger partial charge in [-0.05, 0) is 35.2 Å². The molecule has 0 spiro atoms. The van der Waals surface area contributed by atoms with Crippen molar-refractivity contribution in [1.82, 2.24) is 0 Å². The number of thiophene rings is 1. The molecule has 0 radical (unpaired) electrons. The second-order valence-corrected chi connectivity index (χ2v) is 5.08. The third kappa shape index (κ3) is 2.91. The maximum Gasteiger partial charge on any atom is 0.425 e. The molecule has 0 bridgehead atoms. The third-order valence-corrected chi connectivity index (χ3v) is 3.69. The van der Waals surface area contributed by atoms with Crippen LogP contribution >= 0.6 is 11.3 Å². The summed E-state index contributed by atoms with van der Waals surface area (Å²) >= 11 is 0.800. The van der Waals surface area contributed by atoms with Crippen molar-refractivity contribution in [3.63, 3.8) is 0 Å². The highest BCUT2D eigenvalue weighted by Crippen LogP contribution is 2.42. The van der Waals surface area contributed by atoms with Gasteiger partial charge in [-0.15, -0.1) is 11.3 Å². The fourth-order valence-electron chi connectivity index (χ4n) is 1.64. The van der Waals surface area contributed by atoms with Crippen LogP contribution in [0.4, 0.5) is 17.6 Å². The first kappa shape index (κ1) is 14.7. The van der Waals surface area contributed by atoms with Crippen molar-refractivity contribution in [2.75, 3.05) is 0 Å². The predicted molar refractivity (Wildman–Crippen MR) is 69.7 cm³/mol. The fraction of sp³-hybridized carbons (Fsp3) is 0.143. The Morgan fingerprint density at radius 3 is 2.40 bits per heavy atom. The zero-order chi connectivity index (χ0) is 14.8. The largest absolute Gasteiger partial charge is 0.425 e. The molecule has 1 nitrogen and oxygen atoms in total. The van der Waals surface area contributed by atoms with Gasteiger partial charge >= 0.3 is 6.18 Å². The van der Waals surface area contributed by atoms with Gasteiger partial charge in [0.15, 0.2) is 0 Å². The molecule has 1 atom stereocenters. The van der Waals surface area contributed by atoms with Gasteiger partial charge < -0.3 is 5.11 Å². The Bertz CT molecular complexity index is 604. The van der Waals surface area contributed by atoms with Crippen molar-refractivity contribution >= 4 is 17.4 Å². The van der Waals surface area contributed by atoms with Gasteiger partial charge in [0.25, 0.3) is 0 Å². The van der Waals surface area contributed by atoms with Gasteiger partial charge in [-0.2, -0.15) is 13.2 Å². The minimum atomic E-state index is -4.86. The molecule has 2 aromatic rings. The predicted octanol–water partition coefficient (Wildman–Crippen LogP) is 4.35. The molecular weight excluding hydrogens is 292 g/mol. The van der Waals surface area contributed by atoms with Crippen molar-refractivity contribution < 1.29 is 22.7 Å². The van der Waals surface area contributed by atoms with Gasteiger partial charge in [0, 0.05) is 4.88 Å². The maximum absolute atomic E-state index is 13.1. The zero-order valence-electron chi connectivity index (χ0n) is 10.1. The Morgan fingerprint density at radius 1 is 1.10 bits per heavy atom. The second-order valence-electron chi connectivity index (χ2n) is 4.13. The lowest BCUT2D eigenvalue weighted by Gasteiger charge is -2.26. The van der Waals surface area contributed by atoms with Crippen molar-refractivity contribution in [2.45, 2.75) is 11.8 Å². The smallest absolute Gasteiger partial charge is 0.372 e. The molecule has 0 aliphatic rings. The topological polar surface area (TPSA) is 20.2 Å². The average Bonchev–Trinajstić information content (AvgIpc) is 2.89. The lowest BCUT2D eigenvalue weighted by molar-refractivity contribution is -0.243. The van der Waals surface area contributed by atoms with Gasteiger partial charge in [0.2, 0.25) is 5.60 Å². The molecule has 1 unspecified atom stereocenters. The van der Waals surface area contributed by atoms with Crippen molar-refractivity contribution in [1.29, 1.82) is 0 Å². The van der Waals surface area contributed by atoms with Crippen LogP contribution in [0.1, 0.15) is 10.4 Å². The highest BCUT2D eigenvalue weighted by atomic mass is 32.1. The maximum atomic E-state index is 13.1. The molecule has 0 saturated carbocycles. The molecule has 1 heterocycles. The molecule has 0 aliphatic carbocycles. The molecule has 1 aromatic carbocycles. The zero-order valence-corrected chi connectivity index (χ0v) is 10.9. The molecule has 20 heavy (non-hydrogen) atoms. The van der Waals surface area contributed by atoms with E-state index in [0.717, 1.165) is 23.5 Å². The number of rotatable bonds is 3. The lowest BCUT2D eigenvalue weighted by atomic mass is 9.99. The number of hydrogen-bond acceptors (Lipinski definition) is 2. The summed E-state index contributed by atoms with van der Waals surface area (Å²) in [6.07, 6.45) is -3.18. The molecule has 6 heteroatoms. The molecule has 0 aliphatic heterocycles. The Balaban J connectivity index is 2.40. The van der Waals surface area contributed by atoms with E-state index in [1.165, 1.54) is 35.7 Å². The van der Waals surface area contributed by atoms with Crippen molar-refractivity contribution in [3.05, 3.63) is 64.1 Å². The van der Waals surface area contributed by atoms with Gasteiger partial charge in [-0.1, -0.05) is 24.3 Å². The van der Waals surface area contributed by atoms with Crippen LogP contribution < -0.4 is 0 Å². The Labute approximate surface area is 116 Å². The van der Waals surface area contributed by atoms with E-state index in [0.29, 0.717) is 6.08 Å². The van der Waals surface area contributed by atoms with Gasteiger partial charge in [0.05, 0.1) is 0 Å². The SMILES string of the molecule is OC(C=Cc1cccc(F)c1)(c1cccs1)C(F)(F)F. The van der Waals surface area contributed by atoms with Crippen LogP contribution in [0.3, 0.4) is 0 Å². The van der Waals surface area contributed by atoms with E-state index >= 15 is 0 Å². The normalized spacial score (nSPS) is 15.4. The van der Waals surface area contributed by atoms with E-state index in [-0.39, 0.29) is 10.4 Å². The van der Waals surface area contributed by atoms with Gasteiger partial charge in [0.1, 0.15) is 5.82 Å². The van der Waals surface area contributed by atoms with Crippen LogP contribution in [0, 0.1) is 5.82 Å². The monoisotopic (exact) mass is 302 g/mol. The Morgan fingerprint density at radius 2 is 1.85 bits per heavy atom. The summed E-state index contributed by atoms with van der Waals surface area (Å²) in [7, 11) is 0. The van der Waals surface area contributed by atoms with E-state index in [4.69, 9.17) is 0 Å². The van der Waals surface area contributed by atoms with E-state index in [2.05, 4.69) is 0 Å². The van der Waals surface area contributed by atoms with Crippen molar-refractivity contribution in [2.24, 2.45) is 0 Å². The summed E-state index contributed by atoms with van der Waals surface area (Å²) in [5.41, 5.74) is -2.84. The summed E-state index contributed by atoms with van der Waals surface area (Å²) in [4.78, 5) is -0.238. The van der Waals surface area contributed by atoms with Crippen LogP contribution in [0.5, 0.6) is 0 Å². The standard InChI is InChI=1S/C14H10F4OS/c15-11-4-1-3-10(9-11)6-7-13(19,14(16,17)18)12-5-2-8-20-12/h1-9,19H. The highest BCUT2D eigenvalue weighted by molar-refractivity contribution is 7.10. The first-order valence-electron chi connectivity index (χ1n) is 5.61. The van der Waals surface area contributed by atoms with Crippen LogP contribution in [0.15, 0.2) is 47.9 Å². The lowest BCUT2D eigenvalue weighted by Crippen LogP contribution is -2.39. The molecule has 1 aromatic heterocycles. The highest BCUT2D eigenvalue weighted by Gasteiger charge is 2.53. The van der Waals surface area contributed by atoms with E-state index in [1.807, 2.05) is 0 Å². The van der Waals surface area contributed by atoms with E-state index in [9.17, 15) is 22.7 Å². The summed E-state index contributed by atoms with van der Waals surface area (Å²) in [6, 6.07) is 7.73. The minimum absolute atomic E-state index is 0.238. The molecule has 1 N–H and O–H groups in total. The number of aliphatic hydroxyl groups is 1. The van der Waals surface area contributed by atoms with Crippen molar-refractivity contribution in [3.8, 4) is 0 Å². The molecule has 0 amide bonds. The number of halogens is 4. The summed E-state index contributed by atoms with van der Waals surface area (Å²) in [5, 5.41) is 11.4. The van der Waals surface area contributed by atoms with E-state index < -0.39 is 17.6 Å².